The van der Waals surface area contributed by atoms with Crippen molar-refractivity contribution in [3.8, 4) is 0 Å². The van der Waals surface area contributed by atoms with E-state index in [1.54, 1.807) is 27.7 Å². The van der Waals surface area contributed by atoms with Crippen molar-refractivity contribution in [2.45, 2.75) is 141 Å². The molecule has 41 heavy (non-hydrogen) atoms. The first-order chi connectivity index (χ1) is 18.8. The van der Waals surface area contributed by atoms with Gasteiger partial charge in [0.1, 0.15) is 23.9 Å². The molecule has 11 nitrogen and oxygen atoms in total. The molecule has 2 fully saturated rings. The second-order valence-corrected chi connectivity index (χ2v) is 13.6. The Hall–Kier alpha value is -0.890. The molecule has 2 aliphatic heterocycles. The van der Waals surface area contributed by atoms with E-state index in [4.69, 9.17) is 14.2 Å². The molecule has 2 heterocycles. The van der Waals surface area contributed by atoms with Gasteiger partial charge in [-0.2, -0.15) is 0 Å². The Kier molecular flexibility index (Phi) is 12.6. The Morgan fingerprint density at radius 2 is 1.63 bits per heavy atom. The molecule has 2 unspecified atom stereocenters. The molecular weight excluding hydrogens is 532 g/mol. The van der Waals surface area contributed by atoms with Gasteiger partial charge in [-0.3, -0.25) is 4.79 Å². The van der Waals surface area contributed by atoms with Crippen molar-refractivity contribution in [3.05, 3.63) is 0 Å². The third-order valence-corrected chi connectivity index (χ3v) is 9.46. The standard InChI is InChI=1S/C30H58N2O9/c1-12-22-30(8,38)25(35)20(6)32(11)15-16(2)14-29(7,37)26(18(4)23(33)19(5)27(36)40-22)41-28-24(34)21(31(9)10)13-17(3)39-28/h16-26,28,33-35,37-38H,12-15H2,1-11H3/t16-,17-,18+,19-,20-,21?,22-,23?,24-,25-,26-,28+,29-,30-/m1/s1. The Bertz CT molecular complexity index is 841. The number of aliphatic hydroxyl groups excluding tert-OH is 3. The van der Waals surface area contributed by atoms with E-state index in [0.717, 1.165) is 0 Å². The number of aliphatic hydroxyl groups is 5. The molecule has 0 bridgehead atoms. The van der Waals surface area contributed by atoms with Gasteiger partial charge >= 0.3 is 5.97 Å². The summed E-state index contributed by atoms with van der Waals surface area (Å²) in [4.78, 5) is 17.1. The normalized spacial score (nSPS) is 48.4. The Balaban J connectivity index is 2.52. The van der Waals surface area contributed by atoms with E-state index in [1.807, 2.05) is 44.8 Å². The van der Waals surface area contributed by atoms with Crippen LogP contribution in [0.25, 0.3) is 0 Å². The summed E-state index contributed by atoms with van der Waals surface area (Å²) >= 11 is 0. The van der Waals surface area contributed by atoms with Crippen molar-refractivity contribution >= 4 is 5.97 Å². The molecule has 14 atom stereocenters. The van der Waals surface area contributed by atoms with Gasteiger partial charge in [0.2, 0.25) is 0 Å². The molecule has 0 radical (unpaired) electrons. The number of cyclic esters (lactones) is 1. The fourth-order valence-corrected chi connectivity index (χ4v) is 6.74. The predicted molar refractivity (Wildman–Crippen MR) is 155 cm³/mol. The lowest BCUT2D eigenvalue weighted by Crippen LogP contribution is -2.59. The van der Waals surface area contributed by atoms with Crippen LogP contribution < -0.4 is 0 Å². The van der Waals surface area contributed by atoms with Crippen LogP contribution in [-0.4, -0.2) is 135 Å². The monoisotopic (exact) mass is 590 g/mol. The highest BCUT2D eigenvalue weighted by Gasteiger charge is 2.49. The third kappa shape index (κ3) is 8.39. The van der Waals surface area contributed by atoms with Crippen molar-refractivity contribution in [1.29, 1.82) is 0 Å². The van der Waals surface area contributed by atoms with E-state index in [2.05, 4.69) is 0 Å². The maximum atomic E-state index is 13.3. The summed E-state index contributed by atoms with van der Waals surface area (Å²) in [5, 5.41) is 57.0. The quantitative estimate of drug-likeness (QED) is 0.298. The molecule has 242 valence electrons. The summed E-state index contributed by atoms with van der Waals surface area (Å²) in [7, 11) is 5.58. The van der Waals surface area contributed by atoms with Crippen molar-refractivity contribution in [2.24, 2.45) is 17.8 Å². The van der Waals surface area contributed by atoms with E-state index >= 15 is 0 Å². The Morgan fingerprint density at radius 3 is 2.17 bits per heavy atom. The van der Waals surface area contributed by atoms with E-state index in [0.29, 0.717) is 13.0 Å². The third-order valence-electron chi connectivity index (χ3n) is 9.46. The molecule has 2 aliphatic rings. The molecule has 5 N–H and O–H groups in total. The maximum absolute atomic E-state index is 13.3. The maximum Gasteiger partial charge on any atom is 0.311 e. The van der Waals surface area contributed by atoms with Gasteiger partial charge in [-0.25, -0.2) is 0 Å². The van der Waals surface area contributed by atoms with Crippen LogP contribution in [0.15, 0.2) is 0 Å². The number of likely N-dealkylation sites (N-methyl/N-ethyl adjacent to an activating group) is 2. The van der Waals surface area contributed by atoms with E-state index < -0.39 is 71.9 Å². The first kappa shape index (κ1) is 36.3. The summed E-state index contributed by atoms with van der Waals surface area (Å²) in [5.41, 5.74) is -3.25. The van der Waals surface area contributed by atoms with Crippen molar-refractivity contribution in [1.82, 2.24) is 9.80 Å². The van der Waals surface area contributed by atoms with Crippen LogP contribution in [-0.2, 0) is 19.0 Å². The largest absolute Gasteiger partial charge is 0.459 e. The van der Waals surface area contributed by atoms with Gasteiger partial charge in [-0.15, -0.1) is 0 Å². The van der Waals surface area contributed by atoms with Crippen LogP contribution in [0.5, 0.6) is 0 Å². The van der Waals surface area contributed by atoms with Crippen LogP contribution in [0.3, 0.4) is 0 Å². The minimum atomic E-state index is -1.75. The van der Waals surface area contributed by atoms with Crippen molar-refractivity contribution in [3.63, 3.8) is 0 Å². The minimum Gasteiger partial charge on any atom is -0.459 e. The van der Waals surface area contributed by atoms with Crippen LogP contribution in [0, 0.1) is 17.8 Å². The highest BCUT2D eigenvalue weighted by molar-refractivity contribution is 5.73. The van der Waals surface area contributed by atoms with Gasteiger partial charge in [0, 0.05) is 24.5 Å². The summed E-state index contributed by atoms with van der Waals surface area (Å²) in [5.74, 6) is -2.65. The minimum absolute atomic E-state index is 0.0990. The van der Waals surface area contributed by atoms with Gasteiger partial charge in [-0.1, -0.05) is 20.8 Å². The molecule has 2 rings (SSSR count). The Labute approximate surface area is 246 Å². The number of rotatable bonds is 4. The molecule has 0 saturated carbocycles. The van der Waals surface area contributed by atoms with Crippen LogP contribution >= 0.6 is 0 Å². The van der Waals surface area contributed by atoms with E-state index in [9.17, 15) is 30.3 Å². The summed E-state index contributed by atoms with van der Waals surface area (Å²) < 4.78 is 18.1. The SMILES string of the molecule is CC[C@H]1OC(=O)[C@H](C)C(O)[C@H](C)[C@@H](O[C@@H]2O[C@H](C)CC(N(C)C)[C@H]2O)[C@](C)(O)C[C@@H](C)CN(C)[C@H](C)[C@@H](O)[C@]1(C)O. The number of carbonyl (C=O) groups excluding carboxylic acids is 1. The number of carbonyl (C=O) groups is 1. The van der Waals surface area contributed by atoms with Crippen molar-refractivity contribution < 1.29 is 44.5 Å². The van der Waals surface area contributed by atoms with E-state index in [1.165, 1.54) is 13.8 Å². The summed E-state index contributed by atoms with van der Waals surface area (Å²) in [6.07, 6.45) is -5.74. The molecule has 2 saturated heterocycles. The van der Waals surface area contributed by atoms with Gasteiger partial charge in [0.25, 0.3) is 0 Å². The van der Waals surface area contributed by atoms with Gasteiger partial charge < -0.3 is 49.5 Å². The lowest BCUT2D eigenvalue weighted by molar-refractivity contribution is -0.299. The highest BCUT2D eigenvalue weighted by Crippen LogP contribution is 2.36. The van der Waals surface area contributed by atoms with Crippen molar-refractivity contribution in [2.75, 3.05) is 27.7 Å². The fourth-order valence-electron chi connectivity index (χ4n) is 6.74. The number of hydrogen-bond donors (Lipinski definition) is 5. The average molecular weight is 591 g/mol. The first-order valence-electron chi connectivity index (χ1n) is 15.1. The molecule has 0 amide bonds. The first-order valence-corrected chi connectivity index (χ1v) is 15.1. The van der Waals surface area contributed by atoms with E-state index in [-0.39, 0.29) is 30.9 Å². The van der Waals surface area contributed by atoms with Gasteiger partial charge in [-0.05, 0) is 80.9 Å². The average Bonchev–Trinajstić information content (AvgIpc) is 2.87. The predicted octanol–water partition coefficient (Wildman–Crippen LogP) is 0.976. The van der Waals surface area contributed by atoms with Crippen LogP contribution in [0.4, 0.5) is 0 Å². The topological polar surface area (TPSA) is 152 Å². The van der Waals surface area contributed by atoms with Gasteiger partial charge in [0.05, 0.1) is 29.8 Å². The zero-order chi connectivity index (χ0) is 31.6. The number of hydrogen-bond acceptors (Lipinski definition) is 11. The fraction of sp³-hybridized carbons (Fsp3) is 0.967. The molecular formula is C30H58N2O9. The second-order valence-electron chi connectivity index (χ2n) is 13.6. The lowest BCUT2D eigenvalue weighted by Gasteiger charge is -2.46. The highest BCUT2D eigenvalue weighted by atomic mass is 16.7. The smallest absolute Gasteiger partial charge is 0.311 e. The number of ether oxygens (including phenoxy) is 3. The molecule has 0 aromatic carbocycles. The molecule has 0 spiro atoms. The van der Waals surface area contributed by atoms with Crippen LogP contribution in [0.2, 0.25) is 0 Å². The number of esters is 1. The number of nitrogens with zero attached hydrogens (tertiary/aromatic N) is 2. The van der Waals surface area contributed by atoms with Gasteiger partial charge in [0.15, 0.2) is 6.29 Å². The lowest BCUT2D eigenvalue weighted by atomic mass is 9.78. The second kappa shape index (κ2) is 14.3. The zero-order valence-electron chi connectivity index (χ0n) is 27.0. The van der Waals surface area contributed by atoms with Crippen LogP contribution in [0.1, 0.15) is 74.7 Å². The summed E-state index contributed by atoms with van der Waals surface area (Å²) in [6, 6.07) is -0.733. The molecule has 0 aromatic heterocycles. The Morgan fingerprint density at radius 1 is 1.05 bits per heavy atom. The molecule has 11 heteroatoms. The summed E-state index contributed by atoms with van der Waals surface area (Å²) in [6.45, 7) is 14.2. The zero-order valence-corrected chi connectivity index (χ0v) is 27.0. The molecule has 0 aromatic rings. The molecule has 0 aliphatic carbocycles.